The molecule has 0 spiro atoms. The van der Waals surface area contributed by atoms with E-state index in [0.29, 0.717) is 0 Å². The molecule has 0 saturated carbocycles. The standard InChI is InChI=1S/C10H11N3OS/c1-6-2-3-9-7(4-6)8(13-15-9)5-10(14)12-11/h2-4H,5,11H2,1H3,(H,12,14). The number of aryl methyl sites for hydroxylation is 1. The molecule has 1 aromatic heterocycles. The van der Waals surface area contributed by atoms with Gasteiger partial charge in [0.15, 0.2) is 0 Å². The Morgan fingerprint density at radius 2 is 2.40 bits per heavy atom. The molecule has 1 amide bonds. The van der Waals surface area contributed by atoms with Crippen molar-refractivity contribution in [3.8, 4) is 0 Å². The molecule has 0 unspecified atom stereocenters. The molecule has 0 aliphatic carbocycles. The smallest absolute Gasteiger partial charge is 0.239 e. The summed E-state index contributed by atoms with van der Waals surface area (Å²) in [6.45, 7) is 2.02. The molecule has 4 nitrogen and oxygen atoms in total. The van der Waals surface area contributed by atoms with Crippen LogP contribution in [0.4, 0.5) is 0 Å². The summed E-state index contributed by atoms with van der Waals surface area (Å²) in [5.74, 6) is 4.82. The van der Waals surface area contributed by atoms with Crippen LogP contribution >= 0.6 is 11.5 Å². The topological polar surface area (TPSA) is 68.0 Å². The van der Waals surface area contributed by atoms with Crippen molar-refractivity contribution < 1.29 is 4.79 Å². The molecule has 78 valence electrons. The molecule has 15 heavy (non-hydrogen) atoms. The van der Waals surface area contributed by atoms with E-state index in [1.165, 1.54) is 11.5 Å². The van der Waals surface area contributed by atoms with Crippen LogP contribution in [0.5, 0.6) is 0 Å². The van der Waals surface area contributed by atoms with Crippen LogP contribution in [0.25, 0.3) is 10.1 Å². The van der Waals surface area contributed by atoms with Crippen molar-refractivity contribution in [2.75, 3.05) is 0 Å². The lowest BCUT2D eigenvalue weighted by Gasteiger charge is -1.97. The third-order valence-corrected chi connectivity index (χ3v) is 3.05. The Kier molecular flexibility index (Phi) is 2.66. The number of carbonyl (C=O) groups excluding carboxylic acids is 1. The lowest BCUT2D eigenvalue weighted by molar-refractivity contribution is -0.120. The van der Waals surface area contributed by atoms with E-state index < -0.39 is 0 Å². The van der Waals surface area contributed by atoms with E-state index >= 15 is 0 Å². The number of aromatic nitrogens is 1. The number of fused-ring (bicyclic) bond motifs is 1. The number of rotatable bonds is 2. The van der Waals surface area contributed by atoms with Crippen LogP contribution in [0.15, 0.2) is 18.2 Å². The number of amides is 1. The minimum Gasteiger partial charge on any atom is -0.294 e. The summed E-state index contributed by atoms with van der Waals surface area (Å²) in [6.07, 6.45) is 0.236. The molecule has 1 heterocycles. The van der Waals surface area contributed by atoms with E-state index in [2.05, 4.69) is 9.80 Å². The number of hydrazine groups is 1. The second-order valence-electron chi connectivity index (χ2n) is 3.37. The highest BCUT2D eigenvalue weighted by atomic mass is 32.1. The highest BCUT2D eigenvalue weighted by Crippen LogP contribution is 2.23. The van der Waals surface area contributed by atoms with Crippen LogP contribution in [-0.4, -0.2) is 10.3 Å². The SMILES string of the molecule is Cc1ccc2snc(CC(=O)NN)c2c1. The minimum absolute atomic E-state index is 0.219. The zero-order chi connectivity index (χ0) is 10.8. The molecular formula is C10H11N3OS. The molecule has 0 aliphatic heterocycles. The molecule has 2 rings (SSSR count). The van der Waals surface area contributed by atoms with Gasteiger partial charge < -0.3 is 0 Å². The van der Waals surface area contributed by atoms with E-state index in [4.69, 9.17) is 5.84 Å². The Morgan fingerprint density at radius 3 is 3.13 bits per heavy atom. The molecule has 0 fully saturated rings. The number of nitrogens with one attached hydrogen (secondary N) is 1. The Hall–Kier alpha value is -1.46. The molecule has 5 heteroatoms. The second-order valence-corrected chi connectivity index (χ2v) is 4.18. The van der Waals surface area contributed by atoms with Crippen molar-refractivity contribution in [1.29, 1.82) is 0 Å². The van der Waals surface area contributed by atoms with Crippen LogP contribution in [-0.2, 0) is 11.2 Å². The van der Waals surface area contributed by atoms with Crippen LogP contribution in [0, 0.1) is 6.92 Å². The lowest BCUT2D eigenvalue weighted by Crippen LogP contribution is -2.31. The Labute approximate surface area is 91.2 Å². The summed E-state index contributed by atoms with van der Waals surface area (Å²) in [4.78, 5) is 11.1. The largest absolute Gasteiger partial charge is 0.294 e. The molecule has 0 radical (unpaired) electrons. The number of benzene rings is 1. The molecule has 0 bridgehead atoms. The van der Waals surface area contributed by atoms with Gasteiger partial charge in [0.05, 0.1) is 16.8 Å². The maximum atomic E-state index is 11.1. The summed E-state index contributed by atoms with van der Waals surface area (Å²) >= 11 is 1.40. The average molecular weight is 221 g/mol. The fourth-order valence-electron chi connectivity index (χ4n) is 1.43. The van der Waals surface area contributed by atoms with E-state index in [1.54, 1.807) is 0 Å². The molecular weight excluding hydrogens is 210 g/mol. The lowest BCUT2D eigenvalue weighted by atomic mass is 10.1. The van der Waals surface area contributed by atoms with Crippen molar-refractivity contribution in [3.63, 3.8) is 0 Å². The summed E-state index contributed by atoms with van der Waals surface area (Å²) in [5.41, 5.74) is 4.07. The number of nitrogens with zero attached hydrogens (tertiary/aromatic N) is 1. The normalized spacial score (nSPS) is 10.5. The summed E-state index contributed by atoms with van der Waals surface area (Å²) in [7, 11) is 0. The highest BCUT2D eigenvalue weighted by Gasteiger charge is 2.09. The first-order chi connectivity index (χ1) is 7.20. The van der Waals surface area contributed by atoms with Gasteiger partial charge in [-0.05, 0) is 30.6 Å². The van der Waals surface area contributed by atoms with Crippen molar-refractivity contribution in [2.24, 2.45) is 5.84 Å². The first kappa shape index (κ1) is 10.1. The van der Waals surface area contributed by atoms with Gasteiger partial charge in [-0.15, -0.1) is 0 Å². The van der Waals surface area contributed by atoms with Gasteiger partial charge in [-0.3, -0.25) is 10.2 Å². The van der Waals surface area contributed by atoms with Gasteiger partial charge in [0.1, 0.15) is 0 Å². The number of hydrogen-bond acceptors (Lipinski definition) is 4. The van der Waals surface area contributed by atoms with Gasteiger partial charge in [-0.25, -0.2) is 5.84 Å². The number of hydrogen-bond donors (Lipinski definition) is 2. The van der Waals surface area contributed by atoms with Gasteiger partial charge >= 0.3 is 0 Å². The molecule has 2 aromatic rings. The van der Waals surface area contributed by atoms with Gasteiger partial charge in [0.25, 0.3) is 0 Å². The Balaban J connectivity index is 2.43. The second kappa shape index (κ2) is 3.96. The van der Waals surface area contributed by atoms with Crippen molar-refractivity contribution in [3.05, 3.63) is 29.5 Å². The maximum Gasteiger partial charge on any atom is 0.239 e. The van der Waals surface area contributed by atoms with E-state index in [1.807, 2.05) is 25.1 Å². The van der Waals surface area contributed by atoms with E-state index in [0.717, 1.165) is 21.3 Å². The quantitative estimate of drug-likeness (QED) is 0.454. The highest BCUT2D eigenvalue weighted by molar-refractivity contribution is 7.13. The molecule has 0 aliphatic rings. The first-order valence-electron chi connectivity index (χ1n) is 4.55. The molecule has 3 N–H and O–H groups in total. The summed E-state index contributed by atoms with van der Waals surface area (Å²) < 4.78 is 5.35. The predicted octanol–water partition coefficient (Wildman–Crippen LogP) is 1.14. The Morgan fingerprint density at radius 1 is 1.60 bits per heavy atom. The zero-order valence-corrected chi connectivity index (χ0v) is 9.10. The van der Waals surface area contributed by atoms with Crippen LogP contribution in [0.2, 0.25) is 0 Å². The predicted molar refractivity (Wildman–Crippen MR) is 60.4 cm³/mol. The van der Waals surface area contributed by atoms with Crippen LogP contribution in [0.1, 0.15) is 11.3 Å². The summed E-state index contributed by atoms with van der Waals surface area (Å²) in [6, 6.07) is 6.09. The Bertz CT molecular complexity index is 506. The van der Waals surface area contributed by atoms with Crippen molar-refractivity contribution in [2.45, 2.75) is 13.3 Å². The monoisotopic (exact) mass is 221 g/mol. The van der Waals surface area contributed by atoms with Crippen LogP contribution < -0.4 is 11.3 Å². The fraction of sp³-hybridized carbons (Fsp3) is 0.200. The third-order valence-electron chi connectivity index (χ3n) is 2.19. The molecule has 0 atom stereocenters. The van der Waals surface area contributed by atoms with Gasteiger partial charge in [0, 0.05) is 5.39 Å². The van der Waals surface area contributed by atoms with Gasteiger partial charge in [-0.1, -0.05) is 11.6 Å². The molecule has 0 saturated heterocycles. The minimum atomic E-state index is -0.219. The summed E-state index contributed by atoms with van der Waals surface area (Å²) in [5, 5.41) is 1.05. The third kappa shape index (κ3) is 1.98. The fourth-order valence-corrected chi connectivity index (χ4v) is 2.21. The average Bonchev–Trinajstić information content (AvgIpc) is 2.61. The van der Waals surface area contributed by atoms with E-state index in [9.17, 15) is 4.79 Å². The van der Waals surface area contributed by atoms with Gasteiger partial charge in [0.2, 0.25) is 5.91 Å². The van der Waals surface area contributed by atoms with E-state index in [-0.39, 0.29) is 12.3 Å². The molecule has 1 aromatic carbocycles. The maximum absolute atomic E-state index is 11.1. The number of nitrogens with two attached hydrogens (primary N) is 1. The number of carbonyl (C=O) groups is 1. The van der Waals surface area contributed by atoms with Gasteiger partial charge in [-0.2, -0.15) is 4.37 Å². The zero-order valence-electron chi connectivity index (χ0n) is 8.28. The van der Waals surface area contributed by atoms with Crippen molar-refractivity contribution >= 4 is 27.5 Å². The van der Waals surface area contributed by atoms with Crippen molar-refractivity contribution in [1.82, 2.24) is 9.80 Å². The first-order valence-corrected chi connectivity index (χ1v) is 5.32. The van der Waals surface area contributed by atoms with Crippen LogP contribution in [0.3, 0.4) is 0 Å².